The van der Waals surface area contributed by atoms with Gasteiger partial charge in [0.2, 0.25) is 0 Å². The van der Waals surface area contributed by atoms with E-state index in [2.05, 4.69) is 4.74 Å². The number of benzene rings is 1. The highest BCUT2D eigenvalue weighted by atomic mass is 19.1. The predicted molar refractivity (Wildman–Crippen MR) is 56.3 cm³/mol. The van der Waals surface area contributed by atoms with E-state index in [9.17, 15) is 14.0 Å². The fraction of sp³-hybridized carbons (Fsp3) is 0.0909. The number of halogens is 1. The normalized spacial score (nSPS) is 10.4. The van der Waals surface area contributed by atoms with Crippen LogP contribution in [0.1, 0.15) is 10.4 Å². The maximum atomic E-state index is 12.8. The summed E-state index contributed by atoms with van der Waals surface area (Å²) >= 11 is 0. The van der Waals surface area contributed by atoms with Gasteiger partial charge in [0.25, 0.3) is 0 Å². The van der Waals surface area contributed by atoms with Crippen molar-refractivity contribution in [3.63, 3.8) is 0 Å². The van der Waals surface area contributed by atoms with Gasteiger partial charge in [0.05, 0.1) is 7.11 Å². The number of rotatable bonds is 3. The summed E-state index contributed by atoms with van der Waals surface area (Å²) in [5.41, 5.74) is 5.66. The minimum absolute atomic E-state index is 0.0140. The molecule has 0 amide bonds. The van der Waals surface area contributed by atoms with Gasteiger partial charge in [-0.05, 0) is 24.3 Å². The molecule has 0 aliphatic heterocycles. The van der Waals surface area contributed by atoms with E-state index >= 15 is 0 Å². The standard InChI is InChI=1S/C11H10FNO3/c1-16-11(15)5-4-10(14)8-6-7(12)2-3-9(8)13/h2-6H,13H2,1H3/b5-4+. The van der Waals surface area contributed by atoms with E-state index in [1.54, 1.807) is 0 Å². The van der Waals surface area contributed by atoms with E-state index in [1.807, 2.05) is 0 Å². The number of ketones is 1. The zero-order valence-corrected chi connectivity index (χ0v) is 8.57. The Bertz CT molecular complexity index is 455. The summed E-state index contributed by atoms with van der Waals surface area (Å²) in [6, 6.07) is 3.45. The number of methoxy groups -OCH3 is 1. The number of hydrogen-bond acceptors (Lipinski definition) is 4. The van der Waals surface area contributed by atoms with Crippen LogP contribution in [0.5, 0.6) is 0 Å². The van der Waals surface area contributed by atoms with Crippen LogP contribution in [0, 0.1) is 5.82 Å². The summed E-state index contributed by atoms with van der Waals surface area (Å²) in [6.45, 7) is 0. The highest BCUT2D eigenvalue weighted by Crippen LogP contribution is 2.14. The molecule has 0 unspecified atom stereocenters. The summed E-state index contributed by atoms with van der Waals surface area (Å²) in [6.07, 6.45) is 1.93. The van der Waals surface area contributed by atoms with E-state index < -0.39 is 17.6 Å². The third-order valence-corrected chi connectivity index (χ3v) is 1.85. The third kappa shape index (κ3) is 2.91. The fourth-order valence-corrected chi connectivity index (χ4v) is 1.04. The summed E-state index contributed by atoms with van der Waals surface area (Å²) in [5.74, 6) is -1.78. The van der Waals surface area contributed by atoms with E-state index in [-0.39, 0.29) is 11.3 Å². The average molecular weight is 223 g/mol. The van der Waals surface area contributed by atoms with Gasteiger partial charge in [-0.3, -0.25) is 4.79 Å². The molecule has 0 radical (unpaired) electrons. The highest BCUT2D eigenvalue weighted by molar-refractivity contribution is 6.10. The Morgan fingerprint density at radius 1 is 1.38 bits per heavy atom. The first kappa shape index (κ1) is 11.9. The summed E-state index contributed by atoms with van der Waals surface area (Å²) in [4.78, 5) is 22.2. The van der Waals surface area contributed by atoms with Crippen LogP contribution < -0.4 is 5.73 Å². The molecule has 4 nitrogen and oxygen atoms in total. The molecule has 0 saturated carbocycles. The maximum absolute atomic E-state index is 12.8. The van der Waals surface area contributed by atoms with Gasteiger partial charge in [0, 0.05) is 17.3 Å². The summed E-state index contributed by atoms with van der Waals surface area (Å²) in [7, 11) is 1.19. The fourth-order valence-electron chi connectivity index (χ4n) is 1.04. The Balaban J connectivity index is 2.92. The lowest BCUT2D eigenvalue weighted by atomic mass is 10.1. The average Bonchev–Trinajstić information content (AvgIpc) is 2.28. The Hall–Kier alpha value is -2.17. The quantitative estimate of drug-likeness (QED) is 0.363. The number of anilines is 1. The van der Waals surface area contributed by atoms with Crippen molar-refractivity contribution in [1.29, 1.82) is 0 Å². The second-order valence-corrected chi connectivity index (χ2v) is 2.95. The molecule has 1 aromatic rings. The lowest BCUT2D eigenvalue weighted by molar-refractivity contribution is -0.134. The molecule has 84 valence electrons. The maximum Gasteiger partial charge on any atom is 0.330 e. The molecule has 2 N–H and O–H groups in total. The highest BCUT2D eigenvalue weighted by Gasteiger charge is 2.08. The number of nitrogen functional groups attached to an aromatic ring is 1. The Kier molecular flexibility index (Phi) is 3.77. The zero-order chi connectivity index (χ0) is 12.1. The van der Waals surface area contributed by atoms with Crippen LogP contribution in [0.15, 0.2) is 30.4 Å². The van der Waals surface area contributed by atoms with Gasteiger partial charge >= 0.3 is 5.97 Å². The van der Waals surface area contributed by atoms with E-state index in [4.69, 9.17) is 5.73 Å². The molecule has 0 heterocycles. The molecule has 0 fully saturated rings. The number of hydrogen-bond donors (Lipinski definition) is 1. The summed E-state index contributed by atoms with van der Waals surface area (Å²) < 4.78 is 17.2. The smallest absolute Gasteiger partial charge is 0.330 e. The van der Waals surface area contributed by atoms with Crippen molar-refractivity contribution < 1.29 is 18.7 Å². The van der Waals surface area contributed by atoms with Crippen molar-refractivity contribution in [1.82, 2.24) is 0 Å². The molecule has 0 bridgehead atoms. The van der Waals surface area contributed by atoms with Crippen LogP contribution >= 0.6 is 0 Å². The van der Waals surface area contributed by atoms with Crippen molar-refractivity contribution in [2.24, 2.45) is 0 Å². The number of esters is 1. The van der Waals surface area contributed by atoms with Crippen molar-refractivity contribution in [2.45, 2.75) is 0 Å². The monoisotopic (exact) mass is 223 g/mol. The van der Waals surface area contributed by atoms with Crippen LogP contribution in [0.25, 0.3) is 0 Å². The lowest BCUT2D eigenvalue weighted by Gasteiger charge is -2.01. The third-order valence-electron chi connectivity index (χ3n) is 1.85. The molecule has 0 spiro atoms. The molecule has 5 heteroatoms. The SMILES string of the molecule is COC(=O)/C=C/C(=O)c1cc(F)ccc1N. The van der Waals surface area contributed by atoms with Crippen LogP contribution in [-0.2, 0) is 9.53 Å². The molecule has 1 aromatic carbocycles. The first-order valence-electron chi connectivity index (χ1n) is 4.40. The Morgan fingerprint density at radius 3 is 2.69 bits per heavy atom. The molecule has 0 aliphatic rings. The first-order chi connectivity index (χ1) is 7.54. The summed E-state index contributed by atoms with van der Waals surface area (Å²) in [5, 5.41) is 0. The van der Waals surface area contributed by atoms with E-state index in [0.717, 1.165) is 24.3 Å². The van der Waals surface area contributed by atoms with Gasteiger partial charge in [-0.1, -0.05) is 0 Å². The molecule has 1 rings (SSSR count). The molecule has 0 atom stereocenters. The molecule has 16 heavy (non-hydrogen) atoms. The molecule has 0 aliphatic carbocycles. The molecular weight excluding hydrogens is 213 g/mol. The molecule has 0 aromatic heterocycles. The van der Waals surface area contributed by atoms with Gasteiger partial charge in [0.15, 0.2) is 5.78 Å². The Morgan fingerprint density at radius 2 is 2.06 bits per heavy atom. The number of nitrogens with two attached hydrogens (primary N) is 1. The predicted octanol–water partition coefficient (Wildman–Crippen LogP) is 1.32. The van der Waals surface area contributed by atoms with Crippen LogP contribution in [0.4, 0.5) is 10.1 Å². The van der Waals surface area contributed by atoms with Crippen molar-refractivity contribution >= 4 is 17.4 Å². The van der Waals surface area contributed by atoms with Crippen LogP contribution in [-0.4, -0.2) is 18.9 Å². The van der Waals surface area contributed by atoms with Gasteiger partial charge in [-0.25, -0.2) is 9.18 Å². The van der Waals surface area contributed by atoms with E-state index in [0.29, 0.717) is 0 Å². The second kappa shape index (κ2) is 5.06. The number of carbonyl (C=O) groups is 2. The lowest BCUT2D eigenvalue weighted by Crippen LogP contribution is -2.03. The van der Waals surface area contributed by atoms with Crippen molar-refractivity contribution in [3.05, 3.63) is 41.7 Å². The molecular formula is C11H10FNO3. The van der Waals surface area contributed by atoms with Gasteiger partial charge in [-0.15, -0.1) is 0 Å². The van der Waals surface area contributed by atoms with Crippen LogP contribution in [0.3, 0.4) is 0 Å². The van der Waals surface area contributed by atoms with Gasteiger partial charge in [-0.2, -0.15) is 0 Å². The van der Waals surface area contributed by atoms with E-state index in [1.165, 1.54) is 13.2 Å². The van der Waals surface area contributed by atoms with Gasteiger partial charge in [0.1, 0.15) is 5.82 Å². The minimum Gasteiger partial charge on any atom is -0.466 e. The van der Waals surface area contributed by atoms with Crippen LogP contribution in [0.2, 0.25) is 0 Å². The van der Waals surface area contributed by atoms with Crippen molar-refractivity contribution in [3.8, 4) is 0 Å². The van der Waals surface area contributed by atoms with Crippen molar-refractivity contribution in [2.75, 3.05) is 12.8 Å². The number of ether oxygens (including phenoxy) is 1. The number of allylic oxidation sites excluding steroid dienone is 1. The zero-order valence-electron chi connectivity index (χ0n) is 8.57. The minimum atomic E-state index is -0.664. The Labute approximate surface area is 91.5 Å². The second-order valence-electron chi connectivity index (χ2n) is 2.95. The molecule has 0 saturated heterocycles. The van der Waals surface area contributed by atoms with Gasteiger partial charge < -0.3 is 10.5 Å². The number of carbonyl (C=O) groups excluding carboxylic acids is 2. The largest absolute Gasteiger partial charge is 0.466 e. The topological polar surface area (TPSA) is 69.4 Å². The first-order valence-corrected chi connectivity index (χ1v) is 4.40.